The van der Waals surface area contributed by atoms with Crippen LogP contribution in [-0.4, -0.2) is 45.3 Å². The fourth-order valence-electron chi connectivity index (χ4n) is 3.84. The predicted octanol–water partition coefficient (Wildman–Crippen LogP) is 5.26. The van der Waals surface area contributed by atoms with Crippen LogP contribution in [-0.2, 0) is 22.7 Å². The molecule has 0 bridgehead atoms. The van der Waals surface area contributed by atoms with Crippen molar-refractivity contribution in [2.24, 2.45) is 5.92 Å². The zero-order valence-electron chi connectivity index (χ0n) is 20.8. The number of aromatic nitrogens is 1. The van der Waals surface area contributed by atoms with Crippen LogP contribution in [0, 0.1) is 12.8 Å². The second-order valence-corrected chi connectivity index (χ2v) is 9.16. The van der Waals surface area contributed by atoms with Crippen molar-refractivity contribution in [2.75, 3.05) is 13.1 Å². The molecule has 1 aromatic heterocycles. The van der Waals surface area contributed by atoms with E-state index in [-0.39, 0.29) is 30.3 Å². The topological polar surface area (TPSA) is 45.6 Å². The van der Waals surface area contributed by atoms with Gasteiger partial charge in [0.1, 0.15) is 6.54 Å². The second-order valence-electron chi connectivity index (χ2n) is 9.16. The maximum atomic E-state index is 13.4. The van der Waals surface area contributed by atoms with Crippen molar-refractivity contribution in [3.05, 3.63) is 59.4 Å². The number of aryl methyl sites for hydroxylation is 1. The Morgan fingerprint density at radius 3 is 2.44 bits per heavy atom. The Labute approximate surface area is 194 Å². The molecule has 5 heteroatoms. The Hall–Kier alpha value is -2.56. The van der Waals surface area contributed by atoms with Gasteiger partial charge in [-0.3, -0.25) is 9.59 Å². The molecule has 1 heterocycles. The molecule has 0 aliphatic heterocycles. The first-order chi connectivity index (χ1) is 15.3. The van der Waals surface area contributed by atoms with Gasteiger partial charge in [0.2, 0.25) is 11.8 Å². The van der Waals surface area contributed by atoms with E-state index >= 15 is 0 Å². The minimum Gasteiger partial charge on any atom is -0.345 e. The molecule has 0 saturated carbocycles. The lowest BCUT2D eigenvalue weighted by atomic mass is 10.1. The quantitative estimate of drug-likeness (QED) is 0.453. The third kappa shape index (κ3) is 7.25. The van der Waals surface area contributed by atoms with Gasteiger partial charge in [0.25, 0.3) is 0 Å². The lowest BCUT2D eigenvalue weighted by Gasteiger charge is -2.32. The highest BCUT2D eigenvalue weighted by Gasteiger charge is 2.26. The van der Waals surface area contributed by atoms with Crippen LogP contribution >= 0.6 is 0 Å². The molecule has 5 nitrogen and oxygen atoms in total. The average molecular weight is 440 g/mol. The molecule has 1 aromatic carbocycles. The van der Waals surface area contributed by atoms with Crippen LogP contribution in [0.1, 0.15) is 70.7 Å². The summed E-state index contributed by atoms with van der Waals surface area (Å²) < 4.78 is 2.21. The Balaban J connectivity index is 2.18. The van der Waals surface area contributed by atoms with Crippen molar-refractivity contribution in [3.63, 3.8) is 0 Å². The molecule has 0 spiro atoms. The van der Waals surface area contributed by atoms with Gasteiger partial charge in [0, 0.05) is 36.9 Å². The molecule has 2 amide bonds. The Morgan fingerprint density at radius 2 is 1.81 bits per heavy atom. The normalized spacial score (nSPS) is 12.1. The maximum absolute atomic E-state index is 13.4. The predicted molar refractivity (Wildman–Crippen MR) is 131 cm³/mol. The molecule has 0 saturated heterocycles. The smallest absolute Gasteiger partial charge is 0.242 e. The summed E-state index contributed by atoms with van der Waals surface area (Å²) in [7, 11) is 0. The molecule has 2 rings (SSSR count). The highest BCUT2D eigenvalue weighted by Crippen LogP contribution is 2.15. The summed E-state index contributed by atoms with van der Waals surface area (Å²) in [5.74, 6) is -0.0468. The van der Waals surface area contributed by atoms with Crippen molar-refractivity contribution < 1.29 is 9.59 Å². The number of unbranched alkanes of at least 4 members (excludes halogenated alkanes) is 1. The molecule has 1 atom stereocenters. The van der Waals surface area contributed by atoms with E-state index in [1.54, 1.807) is 4.90 Å². The molecule has 0 radical (unpaired) electrons. The molecule has 2 aromatic rings. The van der Waals surface area contributed by atoms with Crippen LogP contribution in [0.3, 0.4) is 0 Å². The fraction of sp³-hybridized carbons (Fsp3) is 0.556. The first-order valence-corrected chi connectivity index (χ1v) is 12.0. The van der Waals surface area contributed by atoms with E-state index in [0.717, 1.165) is 31.5 Å². The largest absolute Gasteiger partial charge is 0.345 e. The molecule has 0 N–H and O–H groups in total. The number of rotatable bonds is 12. The van der Waals surface area contributed by atoms with E-state index in [9.17, 15) is 9.59 Å². The maximum Gasteiger partial charge on any atom is 0.242 e. The van der Waals surface area contributed by atoms with Crippen LogP contribution in [0.5, 0.6) is 0 Å². The van der Waals surface area contributed by atoms with Crippen molar-refractivity contribution >= 4 is 11.8 Å². The summed E-state index contributed by atoms with van der Waals surface area (Å²) in [4.78, 5) is 29.8. The summed E-state index contributed by atoms with van der Waals surface area (Å²) in [6.07, 6.45) is 4.88. The van der Waals surface area contributed by atoms with E-state index in [0.29, 0.717) is 13.1 Å². The third-order valence-corrected chi connectivity index (χ3v) is 6.05. The minimum absolute atomic E-state index is 0.0241. The summed E-state index contributed by atoms with van der Waals surface area (Å²) >= 11 is 0. The van der Waals surface area contributed by atoms with Gasteiger partial charge in [-0.15, -0.1) is 0 Å². The number of carbonyl (C=O) groups excluding carboxylic acids is 2. The third-order valence-electron chi connectivity index (χ3n) is 6.05. The molecule has 0 aliphatic rings. The van der Waals surface area contributed by atoms with E-state index in [1.165, 1.54) is 11.1 Å². The second kappa shape index (κ2) is 12.5. The summed E-state index contributed by atoms with van der Waals surface area (Å²) in [5, 5.41) is 0. The Kier molecular flexibility index (Phi) is 10.0. The molecule has 0 aliphatic carbocycles. The van der Waals surface area contributed by atoms with Crippen molar-refractivity contribution in [3.8, 4) is 0 Å². The summed E-state index contributed by atoms with van der Waals surface area (Å²) in [6, 6.07) is 12.7. The highest BCUT2D eigenvalue weighted by atomic mass is 16.2. The van der Waals surface area contributed by atoms with Crippen LogP contribution in [0.2, 0.25) is 0 Å². The van der Waals surface area contributed by atoms with Crippen molar-refractivity contribution in [1.82, 2.24) is 14.4 Å². The lowest BCUT2D eigenvalue weighted by Crippen LogP contribution is -2.48. The number of carbonyl (C=O) groups is 2. The zero-order valence-corrected chi connectivity index (χ0v) is 20.8. The van der Waals surface area contributed by atoms with Crippen LogP contribution in [0.15, 0.2) is 42.6 Å². The van der Waals surface area contributed by atoms with Gasteiger partial charge in [-0.2, -0.15) is 0 Å². The van der Waals surface area contributed by atoms with Crippen LogP contribution in [0.25, 0.3) is 0 Å². The van der Waals surface area contributed by atoms with Gasteiger partial charge in [-0.05, 0) is 44.4 Å². The van der Waals surface area contributed by atoms with Crippen molar-refractivity contribution in [2.45, 2.75) is 79.9 Å². The average Bonchev–Trinajstić information content (AvgIpc) is 3.20. The summed E-state index contributed by atoms with van der Waals surface area (Å²) in [5.41, 5.74) is 3.61. The van der Waals surface area contributed by atoms with Gasteiger partial charge in [-0.25, -0.2) is 0 Å². The molecule has 0 unspecified atom stereocenters. The van der Waals surface area contributed by atoms with E-state index in [1.807, 2.05) is 31.7 Å². The lowest BCUT2D eigenvalue weighted by molar-refractivity contribution is -0.144. The first kappa shape index (κ1) is 25.7. The standard InChI is InChI=1S/C27H41N3O2/c1-7-9-15-29(26(31)20-30(23(6)8-2)27(32)21(3)4)19-25-14-11-16-28(25)18-24-13-10-12-22(5)17-24/h10-14,16-17,21,23H,7-9,15,18-20H2,1-6H3/t23-/m0/s1. The number of hydrogen-bond donors (Lipinski definition) is 0. The molecule has 176 valence electrons. The number of nitrogens with zero attached hydrogens (tertiary/aromatic N) is 3. The van der Waals surface area contributed by atoms with E-state index < -0.39 is 0 Å². The Morgan fingerprint density at radius 1 is 1.06 bits per heavy atom. The SMILES string of the molecule is CCCCN(Cc1cccn1Cc1cccc(C)c1)C(=O)CN(C(=O)C(C)C)[C@@H](C)CC. The number of amides is 2. The minimum atomic E-state index is -0.118. The van der Waals surface area contributed by atoms with Gasteiger partial charge >= 0.3 is 0 Å². The molecule has 32 heavy (non-hydrogen) atoms. The first-order valence-electron chi connectivity index (χ1n) is 12.0. The van der Waals surface area contributed by atoms with Gasteiger partial charge in [0.05, 0.1) is 6.54 Å². The van der Waals surface area contributed by atoms with Gasteiger partial charge < -0.3 is 14.4 Å². The fourth-order valence-corrected chi connectivity index (χ4v) is 3.84. The van der Waals surface area contributed by atoms with Crippen molar-refractivity contribution in [1.29, 1.82) is 0 Å². The summed E-state index contributed by atoms with van der Waals surface area (Å²) in [6.45, 7) is 14.3. The number of benzene rings is 1. The number of hydrogen-bond acceptors (Lipinski definition) is 2. The molecular formula is C27H41N3O2. The van der Waals surface area contributed by atoms with E-state index in [4.69, 9.17) is 0 Å². The molecule has 0 fully saturated rings. The van der Waals surface area contributed by atoms with Gasteiger partial charge in [0.15, 0.2) is 0 Å². The van der Waals surface area contributed by atoms with Gasteiger partial charge in [-0.1, -0.05) is 63.9 Å². The zero-order chi connectivity index (χ0) is 23.7. The Bertz CT molecular complexity index is 871. The molecular weight excluding hydrogens is 398 g/mol. The van der Waals surface area contributed by atoms with Crippen LogP contribution < -0.4 is 0 Å². The van der Waals surface area contributed by atoms with E-state index in [2.05, 4.69) is 61.9 Å². The van der Waals surface area contributed by atoms with Crippen LogP contribution in [0.4, 0.5) is 0 Å². The monoisotopic (exact) mass is 439 g/mol. The highest BCUT2D eigenvalue weighted by molar-refractivity contribution is 5.86.